The molecule has 0 unspecified atom stereocenters. The van der Waals surface area contributed by atoms with Gasteiger partial charge in [0.25, 0.3) is 0 Å². The molecule has 1 aliphatic rings. The number of nitrogens with one attached hydrogen (secondary N) is 1. The molecular weight excluding hydrogens is 377 g/mol. The van der Waals surface area contributed by atoms with Gasteiger partial charge in [-0.15, -0.1) is 0 Å². The number of carbonyl (C=O) groups is 1. The van der Waals surface area contributed by atoms with Gasteiger partial charge in [-0.3, -0.25) is 4.79 Å². The van der Waals surface area contributed by atoms with E-state index in [4.69, 9.17) is 23.2 Å². The van der Waals surface area contributed by atoms with Gasteiger partial charge in [0.05, 0.1) is 14.9 Å². The zero-order valence-corrected chi connectivity index (χ0v) is 16.9. The number of aromatic nitrogens is 1. The van der Waals surface area contributed by atoms with Gasteiger partial charge in [0, 0.05) is 25.6 Å². The Morgan fingerprint density at radius 2 is 1.96 bits per heavy atom. The lowest BCUT2D eigenvalue weighted by atomic mass is 9.83. The van der Waals surface area contributed by atoms with Crippen molar-refractivity contribution in [2.45, 2.75) is 33.6 Å². The van der Waals surface area contributed by atoms with Crippen molar-refractivity contribution in [2.75, 3.05) is 23.3 Å². The summed E-state index contributed by atoms with van der Waals surface area (Å²) in [7, 11) is 0. The van der Waals surface area contributed by atoms with Crippen LogP contribution in [0.1, 0.15) is 33.6 Å². The van der Waals surface area contributed by atoms with Crippen molar-refractivity contribution in [3.8, 4) is 10.4 Å². The summed E-state index contributed by atoms with van der Waals surface area (Å²) < 4.78 is 0. The number of benzene rings is 1. The summed E-state index contributed by atoms with van der Waals surface area (Å²) in [4.78, 5) is 19.4. The molecule has 25 heavy (non-hydrogen) atoms. The van der Waals surface area contributed by atoms with Gasteiger partial charge >= 0.3 is 0 Å². The minimum Gasteiger partial charge on any atom is -0.348 e. The van der Waals surface area contributed by atoms with Crippen molar-refractivity contribution in [1.82, 2.24) is 4.98 Å². The number of hydrogen-bond donors (Lipinski definition) is 1. The monoisotopic (exact) mass is 397 g/mol. The summed E-state index contributed by atoms with van der Waals surface area (Å²) in [5, 5.41) is 4.70. The predicted molar refractivity (Wildman–Crippen MR) is 107 cm³/mol. The van der Waals surface area contributed by atoms with Crippen LogP contribution in [-0.4, -0.2) is 24.0 Å². The van der Waals surface area contributed by atoms with Gasteiger partial charge in [0.1, 0.15) is 0 Å². The Bertz CT molecular complexity index is 794. The van der Waals surface area contributed by atoms with Crippen molar-refractivity contribution >= 4 is 51.4 Å². The van der Waals surface area contributed by atoms with E-state index in [1.807, 2.05) is 12.1 Å². The molecule has 7 heteroatoms. The van der Waals surface area contributed by atoms with Gasteiger partial charge < -0.3 is 10.2 Å². The Balaban J connectivity index is 1.98. The first-order valence-corrected chi connectivity index (χ1v) is 9.82. The maximum absolute atomic E-state index is 11.6. The SMILES string of the molecule is CC(=O)Nc1nc(N2CCC(C)(C)CC2)sc1-c1cccc(Cl)c1Cl. The molecule has 0 saturated carbocycles. The van der Waals surface area contributed by atoms with Crippen LogP contribution >= 0.6 is 34.5 Å². The molecule has 1 aromatic heterocycles. The van der Waals surface area contributed by atoms with Crippen molar-refractivity contribution in [1.29, 1.82) is 0 Å². The molecule has 1 amide bonds. The minimum absolute atomic E-state index is 0.156. The molecule has 1 aromatic carbocycles. The summed E-state index contributed by atoms with van der Waals surface area (Å²) in [6, 6.07) is 5.50. The van der Waals surface area contributed by atoms with Crippen molar-refractivity contribution in [3.05, 3.63) is 28.2 Å². The molecule has 1 saturated heterocycles. The molecule has 0 radical (unpaired) electrons. The average molecular weight is 398 g/mol. The van der Waals surface area contributed by atoms with E-state index in [1.165, 1.54) is 6.92 Å². The minimum atomic E-state index is -0.156. The molecular formula is C18H21Cl2N3OS. The summed E-state index contributed by atoms with van der Waals surface area (Å²) in [6.45, 7) is 8.00. The Kier molecular flexibility index (Phi) is 5.28. The lowest BCUT2D eigenvalue weighted by Crippen LogP contribution is -2.37. The zero-order valence-electron chi connectivity index (χ0n) is 14.5. The van der Waals surface area contributed by atoms with Crippen LogP contribution < -0.4 is 10.2 Å². The van der Waals surface area contributed by atoms with E-state index < -0.39 is 0 Å². The highest BCUT2D eigenvalue weighted by Crippen LogP contribution is 2.44. The molecule has 4 nitrogen and oxygen atoms in total. The number of rotatable bonds is 3. The van der Waals surface area contributed by atoms with E-state index in [2.05, 4.69) is 29.0 Å². The van der Waals surface area contributed by atoms with Gasteiger partial charge in [-0.05, 0) is 24.3 Å². The molecule has 3 rings (SSSR count). The van der Waals surface area contributed by atoms with Gasteiger partial charge in [-0.2, -0.15) is 0 Å². The number of anilines is 2. The van der Waals surface area contributed by atoms with Crippen LogP contribution in [0.15, 0.2) is 18.2 Å². The van der Waals surface area contributed by atoms with Crippen molar-refractivity contribution < 1.29 is 4.79 Å². The Labute approximate surface area is 162 Å². The fourth-order valence-corrected chi connectivity index (χ4v) is 4.42. The van der Waals surface area contributed by atoms with Crippen LogP contribution in [0.2, 0.25) is 10.0 Å². The van der Waals surface area contributed by atoms with Crippen LogP contribution in [-0.2, 0) is 4.79 Å². The van der Waals surface area contributed by atoms with E-state index in [9.17, 15) is 4.79 Å². The maximum atomic E-state index is 11.6. The molecule has 1 N–H and O–H groups in total. The smallest absolute Gasteiger partial charge is 0.222 e. The van der Waals surface area contributed by atoms with Gasteiger partial charge in [0.15, 0.2) is 10.9 Å². The maximum Gasteiger partial charge on any atom is 0.222 e. The summed E-state index contributed by atoms with van der Waals surface area (Å²) in [6.07, 6.45) is 2.24. The fourth-order valence-electron chi connectivity index (χ4n) is 2.86. The van der Waals surface area contributed by atoms with E-state index in [0.29, 0.717) is 21.3 Å². The number of piperidine rings is 1. The van der Waals surface area contributed by atoms with E-state index in [0.717, 1.165) is 41.5 Å². The quantitative estimate of drug-likeness (QED) is 0.721. The van der Waals surface area contributed by atoms with Crippen LogP contribution in [0.5, 0.6) is 0 Å². The second-order valence-corrected chi connectivity index (χ2v) is 8.87. The molecule has 0 bridgehead atoms. The van der Waals surface area contributed by atoms with Gasteiger partial charge in [-0.1, -0.05) is 60.5 Å². The number of amides is 1. The molecule has 134 valence electrons. The third-order valence-corrected chi connectivity index (χ3v) is 6.46. The first-order valence-electron chi connectivity index (χ1n) is 8.24. The summed E-state index contributed by atoms with van der Waals surface area (Å²) in [5.41, 5.74) is 1.16. The number of halogens is 2. The van der Waals surface area contributed by atoms with Crippen LogP contribution in [0, 0.1) is 5.41 Å². The molecule has 0 atom stereocenters. The molecule has 0 spiro atoms. The number of nitrogens with zero attached hydrogens (tertiary/aromatic N) is 2. The molecule has 2 heterocycles. The van der Waals surface area contributed by atoms with Gasteiger partial charge in [-0.25, -0.2) is 4.98 Å². The fraction of sp³-hybridized carbons (Fsp3) is 0.444. The summed E-state index contributed by atoms with van der Waals surface area (Å²) >= 11 is 14.1. The third-order valence-electron chi connectivity index (χ3n) is 4.49. The highest BCUT2D eigenvalue weighted by Gasteiger charge is 2.28. The number of carbonyl (C=O) groups excluding carboxylic acids is 1. The van der Waals surface area contributed by atoms with Crippen LogP contribution in [0.4, 0.5) is 10.9 Å². The summed E-state index contributed by atoms with van der Waals surface area (Å²) in [5.74, 6) is 0.387. The highest BCUT2D eigenvalue weighted by molar-refractivity contribution is 7.19. The first kappa shape index (κ1) is 18.5. The Morgan fingerprint density at radius 3 is 2.60 bits per heavy atom. The molecule has 1 aliphatic heterocycles. The van der Waals surface area contributed by atoms with E-state index in [1.54, 1.807) is 17.4 Å². The standard InChI is InChI=1S/C18H21Cl2N3OS/c1-11(24)21-16-15(12-5-4-6-13(19)14(12)20)25-17(22-16)23-9-7-18(2,3)8-10-23/h4-6H,7-10H2,1-3H3,(H,21,24). The Morgan fingerprint density at radius 1 is 1.28 bits per heavy atom. The van der Waals surface area contributed by atoms with E-state index >= 15 is 0 Å². The Hall–Kier alpha value is -1.30. The molecule has 0 aliphatic carbocycles. The average Bonchev–Trinajstić information content (AvgIpc) is 2.93. The van der Waals surface area contributed by atoms with E-state index in [-0.39, 0.29) is 5.91 Å². The first-order chi connectivity index (χ1) is 11.8. The molecule has 1 fully saturated rings. The number of thiazole rings is 1. The zero-order chi connectivity index (χ0) is 18.2. The van der Waals surface area contributed by atoms with Crippen LogP contribution in [0.3, 0.4) is 0 Å². The predicted octanol–water partition coefficient (Wildman–Crippen LogP) is 5.70. The number of hydrogen-bond acceptors (Lipinski definition) is 4. The van der Waals surface area contributed by atoms with Crippen molar-refractivity contribution in [2.24, 2.45) is 5.41 Å². The second kappa shape index (κ2) is 7.14. The normalized spacial score (nSPS) is 16.8. The lowest BCUT2D eigenvalue weighted by molar-refractivity contribution is -0.114. The largest absolute Gasteiger partial charge is 0.348 e. The molecule has 2 aromatic rings. The van der Waals surface area contributed by atoms with Crippen LogP contribution in [0.25, 0.3) is 10.4 Å². The van der Waals surface area contributed by atoms with Gasteiger partial charge in [0.2, 0.25) is 5.91 Å². The lowest BCUT2D eigenvalue weighted by Gasteiger charge is -2.36. The van der Waals surface area contributed by atoms with Crippen molar-refractivity contribution in [3.63, 3.8) is 0 Å². The topological polar surface area (TPSA) is 45.2 Å². The highest BCUT2D eigenvalue weighted by atomic mass is 35.5. The second-order valence-electron chi connectivity index (χ2n) is 7.11. The third kappa shape index (κ3) is 4.10.